The smallest absolute Gasteiger partial charge is 0.327 e. The third-order valence-corrected chi connectivity index (χ3v) is 4.73. The van der Waals surface area contributed by atoms with E-state index in [1.807, 2.05) is 24.9 Å². The van der Waals surface area contributed by atoms with Crippen molar-refractivity contribution in [1.82, 2.24) is 14.9 Å². The molecule has 1 unspecified atom stereocenters. The topological polar surface area (TPSA) is 56.2 Å². The number of hydrogen-bond donors (Lipinski definition) is 1. The van der Waals surface area contributed by atoms with Gasteiger partial charge in [0.1, 0.15) is 5.54 Å². The number of imidazole rings is 1. The first-order valence-electron chi connectivity index (χ1n) is 6.01. The molecule has 0 aromatic carbocycles. The maximum Gasteiger partial charge on any atom is 0.327 e. The van der Waals surface area contributed by atoms with E-state index >= 15 is 0 Å². The van der Waals surface area contributed by atoms with Crippen molar-refractivity contribution >= 4 is 17.7 Å². The number of likely N-dealkylation sites (N-methyl/N-ethyl adjacent to an activating group) is 1. The highest BCUT2D eigenvalue weighted by atomic mass is 32.2. The van der Waals surface area contributed by atoms with Crippen LogP contribution in [0.4, 0.5) is 0 Å². The van der Waals surface area contributed by atoms with Crippen molar-refractivity contribution in [3.8, 4) is 0 Å². The summed E-state index contributed by atoms with van der Waals surface area (Å²) in [7, 11) is 5.22. The van der Waals surface area contributed by atoms with Crippen molar-refractivity contribution in [2.75, 3.05) is 19.9 Å². The first kappa shape index (κ1) is 13.4. The molecular formula is C12H19N3O2S. The van der Waals surface area contributed by atoms with Crippen LogP contribution in [0, 0.1) is 5.92 Å². The molecule has 0 saturated heterocycles. The van der Waals surface area contributed by atoms with Gasteiger partial charge in [0.15, 0.2) is 5.16 Å². The van der Waals surface area contributed by atoms with Gasteiger partial charge in [0.2, 0.25) is 0 Å². The fourth-order valence-electron chi connectivity index (χ4n) is 2.15. The number of methoxy groups -OCH3 is 1. The molecule has 18 heavy (non-hydrogen) atoms. The number of aromatic nitrogens is 2. The molecule has 0 amide bonds. The molecule has 1 aromatic rings. The Morgan fingerprint density at radius 1 is 1.72 bits per heavy atom. The van der Waals surface area contributed by atoms with Crippen LogP contribution in [0.1, 0.15) is 12.8 Å². The predicted octanol–water partition coefficient (Wildman–Crippen LogP) is 1.05. The van der Waals surface area contributed by atoms with Crippen molar-refractivity contribution in [3.63, 3.8) is 0 Å². The standard InChI is InChI=1S/C12H19N3O2S/c1-13-12(9-4-5-9,10(16)17-3)8-18-11-14-6-7-15(11)2/h6-7,9,13H,4-5,8H2,1-3H3. The number of nitrogens with zero attached hydrogens (tertiary/aromatic N) is 2. The number of thioether (sulfide) groups is 1. The fraction of sp³-hybridized carbons (Fsp3) is 0.667. The molecule has 1 N–H and O–H groups in total. The summed E-state index contributed by atoms with van der Waals surface area (Å²) in [6.07, 6.45) is 5.82. The highest BCUT2D eigenvalue weighted by Crippen LogP contribution is 2.42. The molecule has 1 heterocycles. The van der Waals surface area contributed by atoms with Gasteiger partial charge in [-0.1, -0.05) is 11.8 Å². The average Bonchev–Trinajstić information content (AvgIpc) is 3.15. The number of ether oxygens (including phenoxy) is 1. The quantitative estimate of drug-likeness (QED) is 0.618. The van der Waals surface area contributed by atoms with E-state index in [0.29, 0.717) is 11.7 Å². The third kappa shape index (κ3) is 2.40. The molecule has 0 spiro atoms. The molecule has 1 atom stereocenters. The van der Waals surface area contributed by atoms with Crippen LogP contribution >= 0.6 is 11.8 Å². The van der Waals surface area contributed by atoms with Gasteiger partial charge in [-0.25, -0.2) is 4.98 Å². The van der Waals surface area contributed by atoms with E-state index in [2.05, 4.69) is 10.3 Å². The molecule has 100 valence electrons. The monoisotopic (exact) mass is 269 g/mol. The predicted molar refractivity (Wildman–Crippen MR) is 70.5 cm³/mol. The molecular weight excluding hydrogens is 250 g/mol. The molecule has 1 aliphatic carbocycles. The van der Waals surface area contributed by atoms with Crippen LogP contribution in [0.2, 0.25) is 0 Å². The molecule has 0 bridgehead atoms. The normalized spacial score (nSPS) is 18.4. The molecule has 6 heteroatoms. The molecule has 5 nitrogen and oxygen atoms in total. The van der Waals surface area contributed by atoms with Crippen molar-refractivity contribution in [2.45, 2.75) is 23.5 Å². The van der Waals surface area contributed by atoms with Crippen LogP contribution in [0.3, 0.4) is 0 Å². The lowest BCUT2D eigenvalue weighted by molar-refractivity contribution is -0.148. The Morgan fingerprint density at radius 3 is 2.89 bits per heavy atom. The van der Waals surface area contributed by atoms with E-state index in [-0.39, 0.29) is 5.97 Å². The van der Waals surface area contributed by atoms with E-state index in [9.17, 15) is 4.79 Å². The third-order valence-electron chi connectivity index (χ3n) is 3.48. The summed E-state index contributed by atoms with van der Waals surface area (Å²) >= 11 is 1.59. The molecule has 2 rings (SSSR count). The van der Waals surface area contributed by atoms with E-state index in [1.165, 1.54) is 7.11 Å². The lowest BCUT2D eigenvalue weighted by atomic mass is 9.96. The van der Waals surface area contributed by atoms with Gasteiger partial charge in [-0.15, -0.1) is 0 Å². The number of carbonyl (C=O) groups is 1. The van der Waals surface area contributed by atoms with Crippen LogP contribution in [-0.2, 0) is 16.6 Å². The zero-order valence-corrected chi connectivity index (χ0v) is 11.8. The van der Waals surface area contributed by atoms with Gasteiger partial charge >= 0.3 is 5.97 Å². The summed E-state index contributed by atoms with van der Waals surface area (Å²) in [4.78, 5) is 16.3. The minimum atomic E-state index is -0.578. The molecule has 0 radical (unpaired) electrons. The van der Waals surface area contributed by atoms with Gasteiger partial charge in [0.05, 0.1) is 7.11 Å². The maximum absolute atomic E-state index is 12.1. The Balaban J connectivity index is 2.10. The highest BCUT2D eigenvalue weighted by molar-refractivity contribution is 7.99. The first-order chi connectivity index (χ1) is 8.64. The summed E-state index contributed by atoms with van der Waals surface area (Å²) in [6.45, 7) is 0. The minimum absolute atomic E-state index is 0.172. The van der Waals surface area contributed by atoms with Gasteiger partial charge in [-0.2, -0.15) is 0 Å². The SMILES string of the molecule is CNC(CSc1nccn1C)(C(=O)OC)C1CC1. The summed E-state index contributed by atoms with van der Waals surface area (Å²) < 4.78 is 6.92. The number of esters is 1. The first-order valence-corrected chi connectivity index (χ1v) is 7.00. The number of rotatable bonds is 6. The second kappa shape index (κ2) is 5.32. The Morgan fingerprint density at radius 2 is 2.44 bits per heavy atom. The number of hydrogen-bond acceptors (Lipinski definition) is 5. The van der Waals surface area contributed by atoms with Gasteiger partial charge in [0, 0.05) is 25.2 Å². The Bertz CT molecular complexity index is 431. The Hall–Kier alpha value is -1.01. The number of nitrogens with one attached hydrogen (secondary N) is 1. The van der Waals surface area contributed by atoms with Gasteiger partial charge in [0.25, 0.3) is 0 Å². The van der Waals surface area contributed by atoms with Crippen molar-refractivity contribution in [3.05, 3.63) is 12.4 Å². The van der Waals surface area contributed by atoms with Crippen LogP contribution in [-0.4, -0.2) is 41.0 Å². The number of aryl methyl sites for hydroxylation is 1. The van der Waals surface area contributed by atoms with Gasteiger partial charge < -0.3 is 14.6 Å². The Kier molecular flexibility index (Phi) is 3.97. The molecule has 1 aliphatic rings. The van der Waals surface area contributed by atoms with Crippen molar-refractivity contribution in [2.24, 2.45) is 13.0 Å². The average molecular weight is 269 g/mol. The largest absolute Gasteiger partial charge is 0.468 e. The van der Waals surface area contributed by atoms with E-state index in [1.54, 1.807) is 18.0 Å². The molecule has 0 aliphatic heterocycles. The lowest BCUT2D eigenvalue weighted by Gasteiger charge is -2.30. The second-order valence-corrected chi connectivity index (χ2v) is 5.54. The zero-order valence-electron chi connectivity index (χ0n) is 11.0. The lowest BCUT2D eigenvalue weighted by Crippen LogP contribution is -2.55. The molecule has 1 aromatic heterocycles. The van der Waals surface area contributed by atoms with Crippen LogP contribution in [0.15, 0.2) is 17.6 Å². The van der Waals surface area contributed by atoms with Crippen LogP contribution in [0.25, 0.3) is 0 Å². The highest BCUT2D eigenvalue weighted by Gasteiger charge is 2.51. The van der Waals surface area contributed by atoms with Crippen LogP contribution < -0.4 is 5.32 Å². The summed E-state index contributed by atoms with van der Waals surface area (Å²) in [5, 5.41) is 4.09. The fourth-order valence-corrected chi connectivity index (χ4v) is 3.40. The maximum atomic E-state index is 12.1. The second-order valence-electron chi connectivity index (χ2n) is 4.60. The van der Waals surface area contributed by atoms with Crippen molar-refractivity contribution in [1.29, 1.82) is 0 Å². The number of carbonyl (C=O) groups excluding carboxylic acids is 1. The minimum Gasteiger partial charge on any atom is -0.468 e. The van der Waals surface area contributed by atoms with Crippen molar-refractivity contribution < 1.29 is 9.53 Å². The molecule has 1 saturated carbocycles. The summed E-state index contributed by atoms with van der Waals surface area (Å²) in [6, 6.07) is 0. The molecule has 1 fully saturated rings. The Labute approximate surface area is 111 Å². The van der Waals surface area contributed by atoms with E-state index < -0.39 is 5.54 Å². The van der Waals surface area contributed by atoms with Gasteiger partial charge in [-0.05, 0) is 25.8 Å². The zero-order chi connectivity index (χ0) is 13.2. The summed E-state index contributed by atoms with van der Waals surface area (Å²) in [5.74, 6) is 0.850. The van der Waals surface area contributed by atoms with Gasteiger partial charge in [-0.3, -0.25) is 4.79 Å². The van der Waals surface area contributed by atoms with E-state index in [4.69, 9.17) is 4.74 Å². The summed E-state index contributed by atoms with van der Waals surface area (Å²) in [5.41, 5.74) is -0.578. The van der Waals surface area contributed by atoms with E-state index in [0.717, 1.165) is 18.0 Å². The van der Waals surface area contributed by atoms with Crippen LogP contribution in [0.5, 0.6) is 0 Å².